The van der Waals surface area contributed by atoms with Crippen LogP contribution >= 0.6 is 12.4 Å². The van der Waals surface area contributed by atoms with E-state index in [9.17, 15) is 13.2 Å². The number of hydrogen-bond acceptors (Lipinski definition) is 6. The van der Waals surface area contributed by atoms with E-state index in [4.69, 9.17) is 9.47 Å². The summed E-state index contributed by atoms with van der Waals surface area (Å²) in [6.45, 7) is 1.57. The molecule has 0 aromatic heterocycles. The van der Waals surface area contributed by atoms with Gasteiger partial charge in [0.2, 0.25) is 10.0 Å². The second-order valence-electron chi connectivity index (χ2n) is 6.96. The number of methoxy groups -OCH3 is 1. The highest BCUT2D eigenvalue weighted by atomic mass is 35.5. The smallest absolute Gasteiger partial charge is 0.324 e. The Morgan fingerprint density at radius 3 is 2.33 bits per heavy atom. The molecule has 0 amide bonds. The minimum atomic E-state index is -3.89. The van der Waals surface area contributed by atoms with E-state index in [0.717, 1.165) is 18.7 Å². The Hall–Kier alpha value is -2.13. The highest BCUT2D eigenvalue weighted by Crippen LogP contribution is 2.22. The number of piperidine rings is 1. The number of esters is 1. The molecule has 30 heavy (non-hydrogen) atoms. The first-order chi connectivity index (χ1) is 14.0. The molecule has 1 heterocycles. The first-order valence-electron chi connectivity index (χ1n) is 9.57. The molecule has 0 unspecified atom stereocenters. The Kier molecular flexibility index (Phi) is 9.10. The Morgan fingerprint density at radius 1 is 1.10 bits per heavy atom. The van der Waals surface area contributed by atoms with E-state index in [1.807, 2.05) is 30.3 Å². The fraction of sp³-hybridized carbons (Fsp3) is 0.381. The molecular formula is C21H27ClN2O5S. The molecule has 1 aliphatic heterocycles. The van der Waals surface area contributed by atoms with E-state index in [0.29, 0.717) is 18.6 Å². The maximum Gasteiger partial charge on any atom is 0.324 e. The van der Waals surface area contributed by atoms with Gasteiger partial charge in [-0.15, -0.1) is 12.4 Å². The summed E-state index contributed by atoms with van der Waals surface area (Å²) in [6, 6.07) is 14.4. The van der Waals surface area contributed by atoms with E-state index < -0.39 is 22.0 Å². The van der Waals surface area contributed by atoms with Gasteiger partial charge in [-0.3, -0.25) is 4.79 Å². The lowest BCUT2D eigenvalue weighted by molar-refractivity contribution is -0.148. The Labute approximate surface area is 183 Å². The summed E-state index contributed by atoms with van der Waals surface area (Å²) in [5.74, 6) is -0.133. The fourth-order valence-corrected chi connectivity index (χ4v) is 4.58. The molecule has 7 nitrogen and oxygen atoms in total. The fourth-order valence-electron chi connectivity index (χ4n) is 3.32. The van der Waals surface area contributed by atoms with Crippen molar-refractivity contribution in [3.05, 3.63) is 60.2 Å². The van der Waals surface area contributed by atoms with Gasteiger partial charge in [0.25, 0.3) is 0 Å². The van der Waals surface area contributed by atoms with Crippen LogP contribution in [0.3, 0.4) is 0 Å². The van der Waals surface area contributed by atoms with E-state index in [1.54, 1.807) is 12.1 Å². The number of benzene rings is 2. The van der Waals surface area contributed by atoms with Crippen molar-refractivity contribution in [1.82, 2.24) is 10.0 Å². The average Bonchev–Trinajstić information content (AvgIpc) is 2.77. The zero-order chi connectivity index (χ0) is 20.7. The van der Waals surface area contributed by atoms with Gasteiger partial charge < -0.3 is 14.8 Å². The van der Waals surface area contributed by atoms with Gasteiger partial charge >= 0.3 is 5.97 Å². The highest BCUT2D eigenvalue weighted by Gasteiger charge is 2.34. The topological polar surface area (TPSA) is 93.7 Å². The maximum atomic E-state index is 12.9. The van der Waals surface area contributed by atoms with Crippen molar-refractivity contribution in [3.8, 4) is 5.75 Å². The monoisotopic (exact) mass is 454 g/mol. The summed E-state index contributed by atoms with van der Waals surface area (Å²) in [5.41, 5.74) is 0.850. The number of carbonyl (C=O) groups is 1. The third kappa shape index (κ3) is 6.43. The van der Waals surface area contributed by atoms with Gasteiger partial charge in [-0.05, 0) is 61.7 Å². The minimum absolute atomic E-state index is 0. The van der Waals surface area contributed by atoms with E-state index in [1.165, 1.54) is 19.2 Å². The number of nitrogens with one attached hydrogen (secondary N) is 2. The molecule has 0 spiro atoms. The van der Waals surface area contributed by atoms with Crippen LogP contribution in [-0.2, 0) is 26.2 Å². The van der Waals surface area contributed by atoms with Gasteiger partial charge in [0.1, 0.15) is 18.4 Å². The largest absolute Gasteiger partial charge is 0.497 e. The van der Waals surface area contributed by atoms with Crippen LogP contribution in [-0.4, -0.2) is 40.6 Å². The number of ether oxygens (including phenoxy) is 2. The van der Waals surface area contributed by atoms with Gasteiger partial charge in [0.05, 0.1) is 12.0 Å². The van der Waals surface area contributed by atoms with Crippen LogP contribution in [0.1, 0.15) is 18.4 Å². The van der Waals surface area contributed by atoms with Gasteiger partial charge in [-0.1, -0.05) is 30.3 Å². The highest BCUT2D eigenvalue weighted by molar-refractivity contribution is 7.89. The molecule has 3 rings (SSSR count). The molecule has 0 aliphatic carbocycles. The van der Waals surface area contributed by atoms with Crippen LogP contribution in [0.5, 0.6) is 5.75 Å². The van der Waals surface area contributed by atoms with Crippen LogP contribution in [0.4, 0.5) is 0 Å². The number of rotatable bonds is 8. The van der Waals surface area contributed by atoms with Crippen LogP contribution in [0.15, 0.2) is 59.5 Å². The first kappa shape index (κ1) is 24.1. The summed E-state index contributed by atoms with van der Waals surface area (Å²) in [5, 5.41) is 3.23. The number of carbonyl (C=O) groups excluding carboxylic acids is 1. The second-order valence-corrected chi connectivity index (χ2v) is 8.67. The van der Waals surface area contributed by atoms with Gasteiger partial charge in [0.15, 0.2) is 0 Å². The zero-order valence-corrected chi connectivity index (χ0v) is 18.4. The Bertz CT molecular complexity index is 901. The normalized spacial score (nSPS) is 15.6. The molecule has 9 heteroatoms. The SMILES string of the molecule is COc1ccc(S(=O)(=O)N[C@@H](C(=O)OCc2ccccc2)C2CCNCC2)cc1.Cl. The van der Waals surface area contributed by atoms with Crippen LogP contribution in [0, 0.1) is 5.92 Å². The quantitative estimate of drug-likeness (QED) is 0.595. The molecule has 2 aromatic carbocycles. The lowest BCUT2D eigenvalue weighted by atomic mass is 9.91. The van der Waals surface area contributed by atoms with Crippen molar-refractivity contribution < 1.29 is 22.7 Å². The summed E-state index contributed by atoms with van der Waals surface area (Å²) < 4.78 is 38.9. The number of halogens is 1. The molecule has 2 N–H and O–H groups in total. The minimum Gasteiger partial charge on any atom is -0.497 e. The average molecular weight is 455 g/mol. The molecule has 1 aliphatic rings. The molecule has 0 bridgehead atoms. The second kappa shape index (κ2) is 11.3. The molecule has 1 atom stereocenters. The van der Waals surface area contributed by atoms with Crippen molar-refractivity contribution in [2.75, 3.05) is 20.2 Å². The lowest BCUT2D eigenvalue weighted by Gasteiger charge is -2.29. The molecule has 0 radical (unpaired) electrons. The third-order valence-corrected chi connectivity index (χ3v) is 6.44. The molecular weight excluding hydrogens is 428 g/mol. The van der Waals surface area contributed by atoms with Gasteiger partial charge in [0, 0.05) is 0 Å². The number of sulfonamides is 1. The van der Waals surface area contributed by atoms with E-state index in [2.05, 4.69) is 10.0 Å². The van der Waals surface area contributed by atoms with Crippen molar-refractivity contribution in [3.63, 3.8) is 0 Å². The van der Waals surface area contributed by atoms with Crippen LogP contribution in [0.25, 0.3) is 0 Å². The molecule has 164 valence electrons. The van der Waals surface area contributed by atoms with Gasteiger partial charge in [-0.2, -0.15) is 4.72 Å². The van der Waals surface area contributed by atoms with Crippen LogP contribution < -0.4 is 14.8 Å². The Balaban J connectivity index is 0.00000320. The summed E-state index contributed by atoms with van der Waals surface area (Å²) >= 11 is 0. The first-order valence-corrected chi connectivity index (χ1v) is 11.1. The molecule has 1 saturated heterocycles. The van der Waals surface area contributed by atoms with Crippen molar-refractivity contribution in [2.24, 2.45) is 5.92 Å². The predicted octanol–water partition coefficient (Wildman–Crippen LogP) is 2.51. The lowest BCUT2D eigenvalue weighted by Crippen LogP contribution is -2.49. The number of hydrogen-bond donors (Lipinski definition) is 2. The van der Waals surface area contributed by atoms with E-state index in [-0.39, 0.29) is 29.8 Å². The molecule has 0 saturated carbocycles. The predicted molar refractivity (Wildman–Crippen MR) is 116 cm³/mol. The Morgan fingerprint density at radius 2 is 1.73 bits per heavy atom. The molecule has 1 fully saturated rings. The maximum absolute atomic E-state index is 12.9. The summed E-state index contributed by atoms with van der Waals surface area (Å²) in [6.07, 6.45) is 1.38. The third-order valence-electron chi connectivity index (χ3n) is 4.98. The van der Waals surface area contributed by atoms with Crippen molar-refractivity contribution >= 4 is 28.4 Å². The summed E-state index contributed by atoms with van der Waals surface area (Å²) in [7, 11) is -2.38. The van der Waals surface area contributed by atoms with E-state index >= 15 is 0 Å². The summed E-state index contributed by atoms with van der Waals surface area (Å²) in [4.78, 5) is 12.9. The zero-order valence-electron chi connectivity index (χ0n) is 16.7. The standard InChI is InChI=1S/C21H26N2O5S.ClH/c1-27-18-7-9-19(10-8-18)29(25,26)23-20(17-11-13-22-14-12-17)21(24)28-15-16-5-3-2-4-6-16;/h2-10,17,20,22-23H,11-15H2,1H3;1H/t20-;/m1./s1. The van der Waals surface area contributed by atoms with Crippen molar-refractivity contribution in [1.29, 1.82) is 0 Å². The van der Waals surface area contributed by atoms with Gasteiger partial charge in [-0.25, -0.2) is 8.42 Å². The van der Waals surface area contributed by atoms with Crippen LogP contribution in [0.2, 0.25) is 0 Å². The van der Waals surface area contributed by atoms with Crippen molar-refractivity contribution in [2.45, 2.75) is 30.4 Å². The molecule has 2 aromatic rings.